The lowest BCUT2D eigenvalue weighted by Crippen LogP contribution is -2.16. The van der Waals surface area contributed by atoms with E-state index in [9.17, 15) is 0 Å². The molecule has 0 rings (SSSR count). The molecule has 0 aliphatic heterocycles. The molecule has 0 saturated carbocycles. The molecule has 0 aliphatic rings. The van der Waals surface area contributed by atoms with Crippen LogP contribution in [0.3, 0.4) is 0 Å². The van der Waals surface area contributed by atoms with Crippen LogP contribution in [0.5, 0.6) is 0 Å². The largest absolute Gasteiger partial charge is 0.317 e. The van der Waals surface area contributed by atoms with Crippen molar-refractivity contribution in [2.75, 3.05) is 13.1 Å². The van der Waals surface area contributed by atoms with Crippen molar-refractivity contribution >= 4 is 0 Å². The summed E-state index contributed by atoms with van der Waals surface area (Å²) >= 11 is 0. The van der Waals surface area contributed by atoms with Crippen LogP contribution in [-0.2, 0) is 0 Å². The predicted octanol–water partition coefficient (Wildman–Crippen LogP) is 6.18. The summed E-state index contributed by atoms with van der Waals surface area (Å²) < 4.78 is 0. The fourth-order valence-electron chi connectivity index (χ4n) is 2.61. The first kappa shape index (κ1) is 20.0. The second kappa shape index (κ2) is 15.4. The van der Waals surface area contributed by atoms with Crippen LogP contribution in [0.15, 0.2) is 0 Å². The molecule has 0 radical (unpaired) electrons. The standard InChI is InChI=1S/C19H41N/c1-18(2)14-10-6-5-8-12-16-20-17-13-9-7-11-15-19(3)4/h18-20H,5-17H2,1-4H3. The second-order valence-electron chi connectivity index (χ2n) is 7.30. The molecule has 0 aromatic heterocycles. The maximum Gasteiger partial charge on any atom is -0.00489 e. The first-order valence-electron chi connectivity index (χ1n) is 9.33. The summed E-state index contributed by atoms with van der Waals surface area (Å²) in [5.74, 6) is 1.77. The van der Waals surface area contributed by atoms with E-state index in [0.29, 0.717) is 0 Å². The van der Waals surface area contributed by atoms with Crippen LogP contribution in [0.25, 0.3) is 0 Å². The van der Waals surface area contributed by atoms with Gasteiger partial charge in [-0.3, -0.25) is 0 Å². The Kier molecular flexibility index (Phi) is 15.3. The van der Waals surface area contributed by atoms with Crippen LogP contribution in [0.4, 0.5) is 0 Å². The highest BCUT2D eigenvalue weighted by Crippen LogP contribution is 2.10. The van der Waals surface area contributed by atoms with Crippen molar-refractivity contribution in [2.45, 2.75) is 98.3 Å². The summed E-state index contributed by atoms with van der Waals surface area (Å²) in [7, 11) is 0. The van der Waals surface area contributed by atoms with E-state index in [2.05, 4.69) is 33.0 Å². The first-order valence-corrected chi connectivity index (χ1v) is 9.33. The normalized spacial score (nSPS) is 11.7. The van der Waals surface area contributed by atoms with Gasteiger partial charge in [-0.15, -0.1) is 0 Å². The third-order valence-corrected chi connectivity index (χ3v) is 4.02. The van der Waals surface area contributed by atoms with E-state index in [-0.39, 0.29) is 0 Å². The molecule has 0 bridgehead atoms. The van der Waals surface area contributed by atoms with Crippen molar-refractivity contribution < 1.29 is 0 Å². The number of rotatable bonds is 15. The highest BCUT2D eigenvalue weighted by Gasteiger charge is 1.96. The van der Waals surface area contributed by atoms with E-state index >= 15 is 0 Å². The Hall–Kier alpha value is -0.0400. The maximum atomic E-state index is 3.59. The summed E-state index contributed by atoms with van der Waals surface area (Å²) in [6, 6.07) is 0. The van der Waals surface area contributed by atoms with Gasteiger partial charge in [-0.25, -0.2) is 0 Å². The molecule has 20 heavy (non-hydrogen) atoms. The minimum absolute atomic E-state index is 0.883. The molecule has 0 amide bonds. The van der Waals surface area contributed by atoms with Gasteiger partial charge in [0.05, 0.1) is 0 Å². The van der Waals surface area contributed by atoms with E-state index < -0.39 is 0 Å². The molecule has 0 heterocycles. The van der Waals surface area contributed by atoms with E-state index in [1.54, 1.807) is 0 Å². The minimum atomic E-state index is 0.883. The Morgan fingerprint density at radius 1 is 0.500 bits per heavy atom. The van der Waals surface area contributed by atoms with Crippen molar-refractivity contribution in [1.82, 2.24) is 5.32 Å². The minimum Gasteiger partial charge on any atom is -0.317 e. The van der Waals surface area contributed by atoms with Gasteiger partial charge in [0.2, 0.25) is 0 Å². The third kappa shape index (κ3) is 18.0. The van der Waals surface area contributed by atoms with Crippen LogP contribution < -0.4 is 5.32 Å². The maximum absolute atomic E-state index is 3.59. The lowest BCUT2D eigenvalue weighted by atomic mass is 10.0. The lowest BCUT2D eigenvalue weighted by molar-refractivity contribution is 0.499. The smallest absolute Gasteiger partial charge is 0.00489 e. The average molecular weight is 284 g/mol. The van der Waals surface area contributed by atoms with Crippen LogP contribution in [0.1, 0.15) is 98.3 Å². The second-order valence-corrected chi connectivity index (χ2v) is 7.30. The van der Waals surface area contributed by atoms with Gasteiger partial charge in [-0.2, -0.15) is 0 Å². The van der Waals surface area contributed by atoms with Gasteiger partial charge in [0.25, 0.3) is 0 Å². The van der Waals surface area contributed by atoms with Gasteiger partial charge >= 0.3 is 0 Å². The molecule has 0 aromatic rings. The SMILES string of the molecule is CC(C)CCCCCCCNCCCCCCC(C)C. The fraction of sp³-hybridized carbons (Fsp3) is 1.00. The first-order chi connectivity index (χ1) is 9.63. The van der Waals surface area contributed by atoms with Crippen LogP contribution in [0.2, 0.25) is 0 Å². The number of hydrogen-bond donors (Lipinski definition) is 1. The van der Waals surface area contributed by atoms with E-state index in [0.717, 1.165) is 11.8 Å². The Bertz CT molecular complexity index is 155. The molecule has 0 atom stereocenters. The van der Waals surface area contributed by atoms with Crippen molar-refractivity contribution in [3.63, 3.8) is 0 Å². The van der Waals surface area contributed by atoms with Gasteiger partial charge in [-0.1, -0.05) is 85.5 Å². The lowest BCUT2D eigenvalue weighted by Gasteiger charge is -2.06. The summed E-state index contributed by atoms with van der Waals surface area (Å²) in [5.41, 5.74) is 0. The molecule has 1 N–H and O–H groups in total. The van der Waals surface area contributed by atoms with Crippen molar-refractivity contribution in [2.24, 2.45) is 11.8 Å². The number of nitrogens with one attached hydrogen (secondary N) is 1. The summed E-state index contributed by atoms with van der Waals surface area (Å²) in [6.45, 7) is 11.8. The summed E-state index contributed by atoms with van der Waals surface area (Å²) in [5, 5.41) is 3.59. The topological polar surface area (TPSA) is 12.0 Å². The molecule has 0 aromatic carbocycles. The molecular formula is C19H41N. The summed E-state index contributed by atoms with van der Waals surface area (Å²) in [6.07, 6.45) is 15.5. The monoisotopic (exact) mass is 283 g/mol. The molecular weight excluding hydrogens is 242 g/mol. The van der Waals surface area contributed by atoms with Gasteiger partial charge in [-0.05, 0) is 37.8 Å². The molecule has 1 nitrogen and oxygen atoms in total. The van der Waals surface area contributed by atoms with E-state index in [1.165, 1.54) is 83.7 Å². The molecule has 0 aliphatic carbocycles. The predicted molar refractivity (Wildman–Crippen MR) is 93.3 cm³/mol. The molecule has 1 heteroatoms. The highest BCUT2D eigenvalue weighted by molar-refractivity contribution is 4.53. The fourth-order valence-corrected chi connectivity index (χ4v) is 2.61. The molecule has 0 saturated heterocycles. The van der Waals surface area contributed by atoms with Crippen LogP contribution in [0, 0.1) is 11.8 Å². The Labute approximate surface area is 129 Å². The van der Waals surface area contributed by atoms with Crippen LogP contribution in [-0.4, -0.2) is 13.1 Å². The van der Waals surface area contributed by atoms with E-state index in [1.807, 2.05) is 0 Å². The zero-order chi connectivity index (χ0) is 15.1. The Morgan fingerprint density at radius 3 is 1.25 bits per heavy atom. The van der Waals surface area contributed by atoms with Crippen molar-refractivity contribution in [3.05, 3.63) is 0 Å². The number of unbranched alkanes of at least 4 members (excludes halogenated alkanes) is 7. The average Bonchev–Trinajstić information content (AvgIpc) is 2.38. The van der Waals surface area contributed by atoms with Crippen molar-refractivity contribution in [3.8, 4) is 0 Å². The van der Waals surface area contributed by atoms with Gasteiger partial charge in [0.15, 0.2) is 0 Å². The van der Waals surface area contributed by atoms with Crippen LogP contribution >= 0.6 is 0 Å². The zero-order valence-corrected chi connectivity index (χ0v) is 14.8. The zero-order valence-electron chi connectivity index (χ0n) is 14.8. The van der Waals surface area contributed by atoms with Gasteiger partial charge in [0.1, 0.15) is 0 Å². The number of hydrogen-bond acceptors (Lipinski definition) is 1. The molecule has 0 spiro atoms. The summed E-state index contributed by atoms with van der Waals surface area (Å²) in [4.78, 5) is 0. The molecule has 0 fully saturated rings. The van der Waals surface area contributed by atoms with Gasteiger partial charge in [0, 0.05) is 0 Å². The quantitative estimate of drug-likeness (QED) is 0.354. The molecule has 122 valence electrons. The Morgan fingerprint density at radius 2 is 0.850 bits per heavy atom. The van der Waals surface area contributed by atoms with Crippen molar-refractivity contribution in [1.29, 1.82) is 0 Å². The van der Waals surface area contributed by atoms with E-state index in [4.69, 9.17) is 0 Å². The Balaban J connectivity index is 2.96. The molecule has 0 unspecified atom stereocenters. The highest BCUT2D eigenvalue weighted by atomic mass is 14.8. The van der Waals surface area contributed by atoms with Gasteiger partial charge < -0.3 is 5.32 Å². The third-order valence-electron chi connectivity index (χ3n) is 4.02.